The Labute approximate surface area is 101 Å². The topological polar surface area (TPSA) is 9.23 Å². The average molecular weight is 222 g/mol. The molecule has 0 radical (unpaired) electrons. The first-order chi connectivity index (χ1) is 7.76. The van der Waals surface area contributed by atoms with Gasteiger partial charge in [0.15, 0.2) is 0 Å². The molecule has 0 aliphatic rings. The molecule has 0 bridgehead atoms. The summed E-state index contributed by atoms with van der Waals surface area (Å²) in [7, 11) is 0. The molecule has 0 aliphatic carbocycles. The van der Waals surface area contributed by atoms with E-state index in [2.05, 4.69) is 19.6 Å². The summed E-state index contributed by atoms with van der Waals surface area (Å²) < 4.78 is 5.34. The second-order valence-corrected chi connectivity index (χ2v) is 2.81. The maximum atomic E-state index is 5.34. The standard InChI is InChI=1S/C13H20O.C2H6/c1-5-8-9-11-13(10-6-2)12(4)14-7-3;1-2/h6,8-11H,4-5,7H2,1-3H3;1-2H3/b9-8+,10-6-,13-11+;. The summed E-state index contributed by atoms with van der Waals surface area (Å²) in [5.41, 5.74) is 1.03. The second kappa shape index (κ2) is 13.8. The van der Waals surface area contributed by atoms with Crippen LogP contribution in [-0.4, -0.2) is 6.61 Å². The summed E-state index contributed by atoms with van der Waals surface area (Å²) in [5.74, 6) is 0.728. The van der Waals surface area contributed by atoms with E-state index < -0.39 is 0 Å². The Morgan fingerprint density at radius 3 is 2.31 bits per heavy atom. The Hall–Kier alpha value is -1.24. The molecule has 0 amide bonds. The predicted molar refractivity (Wildman–Crippen MR) is 74.4 cm³/mol. The van der Waals surface area contributed by atoms with Crippen LogP contribution in [0.5, 0.6) is 0 Å². The zero-order valence-electron chi connectivity index (χ0n) is 11.4. The van der Waals surface area contributed by atoms with Crippen LogP contribution in [-0.2, 0) is 4.74 Å². The van der Waals surface area contributed by atoms with Gasteiger partial charge in [-0.15, -0.1) is 0 Å². The van der Waals surface area contributed by atoms with Gasteiger partial charge < -0.3 is 4.74 Å². The summed E-state index contributed by atoms with van der Waals surface area (Å²) >= 11 is 0. The Bertz CT molecular complexity index is 244. The number of rotatable bonds is 6. The molecule has 92 valence electrons. The van der Waals surface area contributed by atoms with Crippen molar-refractivity contribution in [2.45, 2.75) is 41.0 Å². The average Bonchev–Trinajstić information content (AvgIpc) is 2.31. The minimum absolute atomic E-state index is 0.658. The van der Waals surface area contributed by atoms with Gasteiger partial charge in [0.05, 0.1) is 6.61 Å². The van der Waals surface area contributed by atoms with Gasteiger partial charge >= 0.3 is 0 Å². The molecule has 0 fully saturated rings. The quantitative estimate of drug-likeness (QED) is 0.452. The van der Waals surface area contributed by atoms with Crippen LogP contribution in [0.1, 0.15) is 41.0 Å². The van der Waals surface area contributed by atoms with E-state index in [1.54, 1.807) is 0 Å². The van der Waals surface area contributed by atoms with E-state index in [-0.39, 0.29) is 0 Å². The van der Waals surface area contributed by atoms with Gasteiger partial charge in [-0.1, -0.05) is 57.7 Å². The molecular weight excluding hydrogens is 196 g/mol. The molecule has 0 aromatic heterocycles. The summed E-state index contributed by atoms with van der Waals surface area (Å²) in [6.45, 7) is 14.6. The SMILES string of the molecule is C=C(OCC)C(/C=C\C)=C/C=C/CC.CC. The van der Waals surface area contributed by atoms with E-state index in [0.29, 0.717) is 6.61 Å². The lowest BCUT2D eigenvalue weighted by atomic mass is 10.2. The van der Waals surface area contributed by atoms with Crippen LogP contribution in [0, 0.1) is 0 Å². The van der Waals surface area contributed by atoms with Crippen LogP contribution >= 0.6 is 0 Å². The fraction of sp³-hybridized carbons (Fsp3) is 0.467. The maximum Gasteiger partial charge on any atom is 0.119 e. The van der Waals surface area contributed by atoms with Crippen molar-refractivity contribution in [1.82, 2.24) is 0 Å². The number of allylic oxidation sites excluding steroid dienone is 5. The van der Waals surface area contributed by atoms with Crippen molar-refractivity contribution in [3.8, 4) is 0 Å². The van der Waals surface area contributed by atoms with Crippen LogP contribution in [0.3, 0.4) is 0 Å². The number of ether oxygens (including phenoxy) is 1. The van der Waals surface area contributed by atoms with E-state index in [0.717, 1.165) is 17.8 Å². The van der Waals surface area contributed by atoms with Crippen LogP contribution < -0.4 is 0 Å². The number of hydrogen-bond donors (Lipinski definition) is 0. The van der Waals surface area contributed by atoms with E-state index in [9.17, 15) is 0 Å². The largest absolute Gasteiger partial charge is 0.494 e. The van der Waals surface area contributed by atoms with Crippen molar-refractivity contribution in [2.24, 2.45) is 0 Å². The fourth-order valence-corrected chi connectivity index (χ4v) is 0.986. The molecule has 0 unspecified atom stereocenters. The van der Waals surface area contributed by atoms with Crippen molar-refractivity contribution in [3.63, 3.8) is 0 Å². The van der Waals surface area contributed by atoms with Crippen LogP contribution in [0.15, 0.2) is 48.3 Å². The van der Waals surface area contributed by atoms with Gasteiger partial charge in [0.2, 0.25) is 0 Å². The lowest BCUT2D eigenvalue weighted by molar-refractivity contribution is 0.241. The lowest BCUT2D eigenvalue weighted by Crippen LogP contribution is -1.91. The highest BCUT2D eigenvalue weighted by molar-refractivity contribution is 5.36. The minimum atomic E-state index is 0.658. The lowest BCUT2D eigenvalue weighted by Gasteiger charge is -2.06. The fourth-order valence-electron chi connectivity index (χ4n) is 0.986. The number of hydrogen-bond acceptors (Lipinski definition) is 1. The maximum absolute atomic E-state index is 5.34. The molecule has 0 atom stereocenters. The van der Waals surface area contributed by atoms with E-state index >= 15 is 0 Å². The van der Waals surface area contributed by atoms with Crippen molar-refractivity contribution < 1.29 is 4.74 Å². The smallest absolute Gasteiger partial charge is 0.119 e. The highest BCUT2D eigenvalue weighted by Crippen LogP contribution is 2.11. The van der Waals surface area contributed by atoms with Crippen molar-refractivity contribution in [3.05, 3.63) is 48.3 Å². The third-order valence-corrected chi connectivity index (χ3v) is 1.63. The molecule has 0 saturated carbocycles. The first kappa shape index (κ1) is 17.2. The zero-order chi connectivity index (χ0) is 12.8. The van der Waals surface area contributed by atoms with Crippen molar-refractivity contribution in [2.75, 3.05) is 6.61 Å². The van der Waals surface area contributed by atoms with E-state index in [4.69, 9.17) is 4.74 Å². The van der Waals surface area contributed by atoms with Crippen LogP contribution in [0.4, 0.5) is 0 Å². The van der Waals surface area contributed by atoms with Gasteiger partial charge in [0, 0.05) is 5.57 Å². The third kappa shape index (κ3) is 9.32. The Morgan fingerprint density at radius 1 is 1.25 bits per heavy atom. The zero-order valence-corrected chi connectivity index (χ0v) is 11.4. The molecule has 1 nitrogen and oxygen atoms in total. The van der Waals surface area contributed by atoms with Crippen LogP contribution in [0.2, 0.25) is 0 Å². The molecule has 0 aromatic rings. The first-order valence-electron chi connectivity index (χ1n) is 6.07. The van der Waals surface area contributed by atoms with Crippen molar-refractivity contribution >= 4 is 0 Å². The van der Waals surface area contributed by atoms with Gasteiger partial charge in [-0.3, -0.25) is 0 Å². The Balaban J connectivity index is 0. The summed E-state index contributed by atoms with van der Waals surface area (Å²) in [5, 5.41) is 0. The highest BCUT2D eigenvalue weighted by Gasteiger charge is 1.96. The monoisotopic (exact) mass is 222 g/mol. The molecule has 0 saturated heterocycles. The van der Waals surface area contributed by atoms with Gasteiger partial charge in [-0.25, -0.2) is 0 Å². The van der Waals surface area contributed by atoms with Gasteiger partial charge in [-0.05, 0) is 20.3 Å². The van der Waals surface area contributed by atoms with Gasteiger partial charge in [-0.2, -0.15) is 0 Å². The summed E-state index contributed by atoms with van der Waals surface area (Å²) in [4.78, 5) is 0. The predicted octanol–water partition coefficient (Wildman–Crippen LogP) is 5.03. The van der Waals surface area contributed by atoms with Crippen LogP contribution in [0.25, 0.3) is 0 Å². The third-order valence-electron chi connectivity index (χ3n) is 1.63. The Morgan fingerprint density at radius 2 is 1.88 bits per heavy atom. The molecule has 0 heterocycles. The second-order valence-electron chi connectivity index (χ2n) is 2.81. The molecule has 0 N–H and O–H groups in total. The molecule has 0 spiro atoms. The summed E-state index contributed by atoms with van der Waals surface area (Å²) in [6, 6.07) is 0. The van der Waals surface area contributed by atoms with E-state index in [1.165, 1.54) is 0 Å². The molecule has 0 rings (SSSR count). The normalized spacial score (nSPS) is 11.4. The molecule has 16 heavy (non-hydrogen) atoms. The highest BCUT2D eigenvalue weighted by atomic mass is 16.5. The van der Waals surface area contributed by atoms with Crippen molar-refractivity contribution in [1.29, 1.82) is 0 Å². The molecule has 0 aliphatic heterocycles. The van der Waals surface area contributed by atoms with Gasteiger partial charge in [0.25, 0.3) is 0 Å². The minimum Gasteiger partial charge on any atom is -0.494 e. The first-order valence-corrected chi connectivity index (χ1v) is 6.07. The molecule has 1 heteroatoms. The summed E-state index contributed by atoms with van der Waals surface area (Å²) in [6.07, 6.45) is 11.2. The molecule has 0 aromatic carbocycles. The van der Waals surface area contributed by atoms with Gasteiger partial charge in [0.1, 0.15) is 5.76 Å². The molecular formula is C15H26O. The van der Waals surface area contributed by atoms with E-state index in [1.807, 2.05) is 52.0 Å². The Kier molecular flexibility index (Phi) is 14.8.